The summed E-state index contributed by atoms with van der Waals surface area (Å²) < 4.78 is 45.5. The number of Topliss-reactive ketones (excluding diaryl/α,β-unsaturated/α-hetero) is 1. The highest BCUT2D eigenvalue weighted by Gasteiger charge is 2.56. The van der Waals surface area contributed by atoms with Crippen molar-refractivity contribution in [2.45, 2.75) is 154 Å². The fraction of sp³-hybridized carbons (Fsp3) is 0.667. The van der Waals surface area contributed by atoms with E-state index in [1.54, 1.807) is 46.8 Å². The standard InChI is InChI=1S/C45H65FN2O13/c1-12-35-44(8,54)39(51)27(4)37(50)25(2)23-43(7,57-11)41(28(5)38(29(6)42(53)58-35)59-36(49)22-30-13-17-32(46)18-14-30)61-45(9)40(52)34(21-26(3)60-45)47(10)24-31-15-19-33(20-16-31)48(55)56/h13-20,25-29,34-35,38-41,51-52,54H,12,21-24H2,1-11H3/t25-,26-,27+,28+,29-,34+,35-,38+,39-,40-,41-,43-,44-,45+/m1/s1. The topological polar surface area (TPSA) is 204 Å². The number of aliphatic hydroxyl groups is 3. The number of nitro benzene ring substituents is 1. The molecule has 15 nitrogen and oxygen atoms in total. The van der Waals surface area contributed by atoms with Gasteiger partial charge in [0, 0.05) is 49.6 Å². The molecule has 0 spiro atoms. The van der Waals surface area contributed by atoms with E-state index >= 15 is 0 Å². The highest BCUT2D eigenvalue weighted by Crippen LogP contribution is 2.43. The van der Waals surface area contributed by atoms with Gasteiger partial charge < -0.3 is 39.0 Å². The normalized spacial score (nSPS) is 36.8. The van der Waals surface area contributed by atoms with Gasteiger partial charge in [-0.2, -0.15) is 0 Å². The Kier molecular flexibility index (Phi) is 16.4. The lowest BCUT2D eigenvalue weighted by molar-refractivity contribution is -0.384. The van der Waals surface area contributed by atoms with Gasteiger partial charge in [-0.3, -0.25) is 29.4 Å². The van der Waals surface area contributed by atoms with Gasteiger partial charge in [-0.1, -0.05) is 52.0 Å². The van der Waals surface area contributed by atoms with Gasteiger partial charge in [0.25, 0.3) is 5.69 Å². The Bertz CT molecular complexity index is 1830. The van der Waals surface area contributed by atoms with Gasteiger partial charge in [0.05, 0.1) is 41.2 Å². The number of nitro groups is 1. The van der Waals surface area contributed by atoms with Gasteiger partial charge in [-0.15, -0.1) is 0 Å². The maximum absolute atomic E-state index is 14.2. The minimum Gasteiger partial charge on any atom is -0.461 e. The number of hydrogen-bond donors (Lipinski definition) is 3. The van der Waals surface area contributed by atoms with Crippen LogP contribution >= 0.6 is 0 Å². The molecule has 14 atom stereocenters. The minimum absolute atomic E-state index is 0.0198. The van der Waals surface area contributed by atoms with Crippen molar-refractivity contribution >= 4 is 23.4 Å². The van der Waals surface area contributed by atoms with E-state index in [0.29, 0.717) is 18.5 Å². The Morgan fingerprint density at radius 2 is 1.56 bits per heavy atom. The van der Waals surface area contributed by atoms with Crippen molar-refractivity contribution in [3.63, 3.8) is 0 Å². The first kappa shape index (κ1) is 49.8. The summed E-state index contributed by atoms with van der Waals surface area (Å²) in [6.07, 6.45) is -7.05. The Morgan fingerprint density at radius 3 is 2.11 bits per heavy atom. The lowest BCUT2D eigenvalue weighted by Crippen LogP contribution is -2.65. The number of likely N-dealkylation sites (N-methyl/N-ethyl adjacent to an activating group) is 1. The van der Waals surface area contributed by atoms with E-state index in [1.165, 1.54) is 64.3 Å². The zero-order valence-electron chi connectivity index (χ0n) is 37.2. The third-order valence-electron chi connectivity index (χ3n) is 12.9. The maximum atomic E-state index is 14.2. The molecule has 61 heavy (non-hydrogen) atoms. The van der Waals surface area contributed by atoms with E-state index in [-0.39, 0.29) is 24.9 Å². The second-order valence-corrected chi connectivity index (χ2v) is 17.8. The molecule has 2 fully saturated rings. The number of benzene rings is 2. The molecule has 0 saturated carbocycles. The van der Waals surface area contributed by atoms with E-state index in [1.807, 2.05) is 18.9 Å². The van der Waals surface area contributed by atoms with Crippen molar-refractivity contribution < 1.29 is 62.7 Å². The SMILES string of the molecule is CC[C@H]1OC(=O)[C@H](C)[C@@H](OC(=O)Cc2ccc(F)cc2)[C@H](C)[C@@H](O[C@]2(C)O[C@H](C)C[C@H](N(C)Cc3ccc([N+](=O)[O-])cc3)[C@H]2O)[C@](C)(OC)C[C@@H](C)C(=O)[C@H](C)[C@@H](O)[C@]1(C)O. The molecule has 0 aliphatic carbocycles. The molecule has 340 valence electrons. The first-order valence-electron chi connectivity index (χ1n) is 21.0. The van der Waals surface area contributed by atoms with Crippen LogP contribution in [0.2, 0.25) is 0 Å². The second kappa shape index (κ2) is 20.1. The van der Waals surface area contributed by atoms with Gasteiger partial charge in [0.15, 0.2) is 5.79 Å². The number of nitrogens with zero attached hydrogens (tertiary/aromatic N) is 2. The molecule has 3 N–H and O–H groups in total. The summed E-state index contributed by atoms with van der Waals surface area (Å²) in [4.78, 5) is 54.8. The zero-order chi connectivity index (χ0) is 45.8. The Hall–Kier alpha value is -3.90. The molecule has 2 saturated heterocycles. The summed E-state index contributed by atoms with van der Waals surface area (Å²) in [5, 5.41) is 46.6. The predicted molar refractivity (Wildman–Crippen MR) is 221 cm³/mol. The van der Waals surface area contributed by atoms with Crippen molar-refractivity contribution in [2.24, 2.45) is 23.7 Å². The molecule has 2 aliphatic rings. The van der Waals surface area contributed by atoms with Crippen LogP contribution in [0, 0.1) is 39.6 Å². The van der Waals surface area contributed by atoms with Crippen LogP contribution in [0.25, 0.3) is 0 Å². The summed E-state index contributed by atoms with van der Waals surface area (Å²) >= 11 is 0. The summed E-state index contributed by atoms with van der Waals surface area (Å²) in [7, 11) is 3.24. The van der Waals surface area contributed by atoms with E-state index in [2.05, 4.69) is 0 Å². The number of aliphatic hydroxyl groups excluding tert-OH is 2. The quantitative estimate of drug-likeness (QED) is 0.149. The van der Waals surface area contributed by atoms with Crippen LogP contribution in [0.3, 0.4) is 0 Å². The van der Waals surface area contributed by atoms with Crippen LogP contribution in [-0.2, 0) is 51.0 Å². The van der Waals surface area contributed by atoms with Crippen LogP contribution in [0.4, 0.5) is 10.1 Å². The average Bonchev–Trinajstić information content (AvgIpc) is 3.21. The molecule has 0 unspecified atom stereocenters. The summed E-state index contributed by atoms with van der Waals surface area (Å²) in [6, 6.07) is 10.9. The third kappa shape index (κ3) is 11.4. The number of methoxy groups -OCH3 is 1. The lowest BCUT2D eigenvalue weighted by Gasteiger charge is -2.52. The maximum Gasteiger partial charge on any atom is 0.312 e. The number of cyclic esters (lactones) is 1. The fourth-order valence-corrected chi connectivity index (χ4v) is 9.14. The van der Waals surface area contributed by atoms with Crippen LogP contribution in [0.1, 0.15) is 92.7 Å². The number of rotatable bonds is 11. The lowest BCUT2D eigenvalue weighted by atomic mass is 9.73. The summed E-state index contributed by atoms with van der Waals surface area (Å²) in [5.41, 5.74) is -2.32. The number of hydrogen-bond acceptors (Lipinski definition) is 14. The highest BCUT2D eigenvalue weighted by atomic mass is 19.1. The Morgan fingerprint density at radius 1 is 0.967 bits per heavy atom. The number of halogens is 1. The van der Waals surface area contributed by atoms with Gasteiger partial charge in [0.1, 0.15) is 35.5 Å². The van der Waals surface area contributed by atoms with Gasteiger partial charge >= 0.3 is 11.9 Å². The molecule has 2 aromatic carbocycles. The first-order chi connectivity index (χ1) is 28.4. The fourth-order valence-electron chi connectivity index (χ4n) is 9.14. The molecular weight excluding hydrogens is 795 g/mol. The smallest absolute Gasteiger partial charge is 0.312 e. The minimum atomic E-state index is -2.05. The monoisotopic (exact) mass is 860 g/mol. The van der Waals surface area contributed by atoms with E-state index in [0.717, 1.165) is 5.56 Å². The van der Waals surface area contributed by atoms with Crippen LogP contribution < -0.4 is 0 Å². The molecule has 2 heterocycles. The summed E-state index contributed by atoms with van der Waals surface area (Å²) in [5.74, 6) is -8.38. The van der Waals surface area contributed by atoms with Crippen molar-refractivity contribution in [1.29, 1.82) is 0 Å². The molecule has 0 bridgehead atoms. The van der Waals surface area contributed by atoms with E-state index in [9.17, 15) is 44.2 Å². The van der Waals surface area contributed by atoms with Gasteiger partial charge in [-0.25, -0.2) is 4.39 Å². The molecule has 0 aromatic heterocycles. The number of carbonyl (C=O) groups is 3. The molecule has 0 radical (unpaired) electrons. The van der Waals surface area contributed by atoms with Crippen molar-refractivity contribution in [2.75, 3.05) is 14.2 Å². The number of ether oxygens (including phenoxy) is 5. The molecule has 2 aromatic rings. The summed E-state index contributed by atoms with van der Waals surface area (Å²) in [6.45, 7) is 14.8. The first-order valence-corrected chi connectivity index (χ1v) is 21.0. The van der Waals surface area contributed by atoms with Gasteiger partial charge in [-0.05, 0) is 84.2 Å². The largest absolute Gasteiger partial charge is 0.461 e. The van der Waals surface area contributed by atoms with Crippen molar-refractivity contribution in [3.8, 4) is 0 Å². The number of esters is 2. The number of ketones is 1. The Labute approximate surface area is 358 Å². The molecule has 0 amide bonds. The van der Waals surface area contributed by atoms with Crippen LogP contribution in [-0.4, -0.2) is 117 Å². The van der Waals surface area contributed by atoms with E-state index < -0.39 is 112 Å². The predicted octanol–water partition coefficient (Wildman–Crippen LogP) is 5.32. The molecular formula is C45H65FN2O13. The molecule has 2 aliphatic heterocycles. The Balaban J connectivity index is 1.82. The van der Waals surface area contributed by atoms with Crippen molar-refractivity contribution in [3.05, 3.63) is 75.6 Å². The average molecular weight is 861 g/mol. The van der Waals surface area contributed by atoms with Gasteiger partial charge in [0.2, 0.25) is 0 Å². The van der Waals surface area contributed by atoms with Crippen LogP contribution in [0.15, 0.2) is 48.5 Å². The number of non-ortho nitro benzene ring substituents is 1. The second-order valence-electron chi connectivity index (χ2n) is 17.8. The third-order valence-corrected chi connectivity index (χ3v) is 12.9. The molecule has 4 rings (SSSR count). The number of carbonyl (C=O) groups excluding carboxylic acids is 3. The van der Waals surface area contributed by atoms with Crippen LogP contribution in [0.5, 0.6) is 0 Å². The van der Waals surface area contributed by atoms with Crippen molar-refractivity contribution in [1.82, 2.24) is 4.90 Å². The van der Waals surface area contributed by atoms with E-state index in [4.69, 9.17) is 23.7 Å². The molecule has 16 heteroatoms. The highest BCUT2D eigenvalue weighted by molar-refractivity contribution is 5.83. The zero-order valence-corrected chi connectivity index (χ0v) is 37.2.